The van der Waals surface area contributed by atoms with Crippen LogP contribution in [0.15, 0.2) is 0 Å². The molecule has 162 valence electrons. The Bertz CT molecular complexity index is 631. The van der Waals surface area contributed by atoms with Gasteiger partial charge in [-0.3, -0.25) is 4.79 Å². The molecule has 5 aliphatic carbocycles. The number of hydrogen-bond donors (Lipinski definition) is 3. The summed E-state index contributed by atoms with van der Waals surface area (Å²) < 4.78 is 0. The van der Waals surface area contributed by atoms with Gasteiger partial charge in [0.1, 0.15) is 0 Å². The lowest BCUT2D eigenvalue weighted by molar-refractivity contribution is -0.163. The van der Waals surface area contributed by atoms with Crippen molar-refractivity contribution >= 4 is 11.9 Å². The SMILES string of the molecule is O=C(NC1CCCCC1)N1CCC[C@H](NC(=O)C23CC4CC(C2)C(O)C(C4)C3)C1. The molecule has 6 aliphatic rings. The maximum atomic E-state index is 13.4. The number of carbonyl (C=O) groups excluding carboxylic acids is 2. The zero-order chi connectivity index (χ0) is 20.0. The van der Waals surface area contributed by atoms with Gasteiger partial charge >= 0.3 is 6.03 Å². The van der Waals surface area contributed by atoms with Crippen molar-refractivity contribution in [2.24, 2.45) is 23.2 Å². The van der Waals surface area contributed by atoms with Gasteiger partial charge in [0, 0.05) is 25.2 Å². The molecule has 6 rings (SSSR count). The van der Waals surface area contributed by atoms with E-state index in [9.17, 15) is 14.7 Å². The summed E-state index contributed by atoms with van der Waals surface area (Å²) in [4.78, 5) is 28.0. The average Bonchev–Trinajstić information content (AvgIpc) is 2.72. The molecule has 1 aliphatic heterocycles. The van der Waals surface area contributed by atoms with Gasteiger partial charge in [0.25, 0.3) is 0 Å². The molecule has 0 aromatic carbocycles. The van der Waals surface area contributed by atoms with Gasteiger partial charge in [-0.1, -0.05) is 19.3 Å². The summed E-state index contributed by atoms with van der Waals surface area (Å²) in [5.41, 5.74) is -0.262. The molecule has 0 radical (unpaired) electrons. The fourth-order valence-electron chi connectivity index (χ4n) is 7.41. The van der Waals surface area contributed by atoms with Gasteiger partial charge in [-0.05, 0) is 75.5 Å². The number of aliphatic hydroxyl groups is 1. The lowest BCUT2D eigenvalue weighted by Gasteiger charge is -2.58. The van der Waals surface area contributed by atoms with Crippen LogP contribution in [0, 0.1) is 23.2 Å². The van der Waals surface area contributed by atoms with Gasteiger partial charge in [0.2, 0.25) is 5.91 Å². The number of aliphatic hydroxyl groups excluding tert-OH is 1. The van der Waals surface area contributed by atoms with Crippen LogP contribution in [0.1, 0.15) is 77.0 Å². The molecule has 0 spiro atoms. The number of nitrogens with zero attached hydrogens (tertiary/aromatic N) is 1. The summed E-state index contributed by atoms with van der Waals surface area (Å²) >= 11 is 0. The molecule has 6 fully saturated rings. The topological polar surface area (TPSA) is 81.7 Å². The normalized spacial score (nSPS) is 42.0. The number of carbonyl (C=O) groups is 2. The first kappa shape index (κ1) is 19.7. The van der Waals surface area contributed by atoms with Crippen molar-refractivity contribution < 1.29 is 14.7 Å². The lowest BCUT2D eigenvalue weighted by atomic mass is 9.48. The van der Waals surface area contributed by atoms with Crippen LogP contribution in [0.25, 0.3) is 0 Å². The molecule has 3 atom stereocenters. The zero-order valence-corrected chi connectivity index (χ0v) is 17.6. The molecule has 6 nitrogen and oxygen atoms in total. The van der Waals surface area contributed by atoms with Gasteiger partial charge in [-0.2, -0.15) is 0 Å². The van der Waals surface area contributed by atoms with Crippen molar-refractivity contribution in [3.8, 4) is 0 Å². The van der Waals surface area contributed by atoms with Crippen molar-refractivity contribution in [1.82, 2.24) is 15.5 Å². The highest BCUT2D eigenvalue weighted by atomic mass is 16.3. The number of nitrogens with one attached hydrogen (secondary N) is 2. The predicted octanol–water partition coefficient (Wildman–Crippen LogP) is 2.80. The monoisotopic (exact) mass is 403 g/mol. The smallest absolute Gasteiger partial charge is 0.317 e. The number of piperidine rings is 1. The zero-order valence-electron chi connectivity index (χ0n) is 17.6. The second kappa shape index (κ2) is 7.75. The Morgan fingerprint density at radius 1 is 0.862 bits per heavy atom. The van der Waals surface area contributed by atoms with Crippen LogP contribution in [-0.2, 0) is 4.79 Å². The third-order valence-electron chi connectivity index (χ3n) is 8.68. The van der Waals surface area contributed by atoms with E-state index in [2.05, 4.69) is 10.6 Å². The molecule has 0 aromatic heterocycles. The van der Waals surface area contributed by atoms with E-state index in [0.29, 0.717) is 30.3 Å². The van der Waals surface area contributed by atoms with Crippen LogP contribution in [0.2, 0.25) is 0 Å². The second-order valence-electron chi connectivity index (χ2n) is 10.8. The van der Waals surface area contributed by atoms with Gasteiger partial charge in [-0.25, -0.2) is 4.79 Å². The van der Waals surface area contributed by atoms with Crippen LogP contribution in [0.3, 0.4) is 0 Å². The summed E-state index contributed by atoms with van der Waals surface area (Å²) in [6.07, 6.45) is 12.5. The van der Waals surface area contributed by atoms with Gasteiger partial charge in [0.05, 0.1) is 11.5 Å². The fourth-order valence-corrected chi connectivity index (χ4v) is 7.41. The standard InChI is InChI=1S/C23H37N3O3/c27-20-16-9-15-10-17(20)13-23(11-15,12-16)21(28)24-19-7-4-8-26(14-19)22(29)25-18-5-2-1-3-6-18/h15-20,27H,1-14H2,(H,24,28)(H,25,29)/t15?,16?,17?,19-,20?,23?/m0/s1. The lowest BCUT2D eigenvalue weighted by Crippen LogP contribution is -2.61. The minimum Gasteiger partial charge on any atom is -0.393 e. The van der Waals surface area contributed by atoms with E-state index in [1.807, 2.05) is 4.90 Å². The first-order valence-electron chi connectivity index (χ1n) is 12.1. The van der Waals surface area contributed by atoms with Crippen molar-refractivity contribution in [3.63, 3.8) is 0 Å². The van der Waals surface area contributed by atoms with Crippen molar-refractivity contribution in [2.75, 3.05) is 13.1 Å². The summed E-state index contributed by atoms with van der Waals surface area (Å²) in [5.74, 6) is 1.45. The first-order valence-corrected chi connectivity index (χ1v) is 12.1. The van der Waals surface area contributed by atoms with Crippen LogP contribution >= 0.6 is 0 Å². The average molecular weight is 404 g/mol. The molecule has 2 unspecified atom stereocenters. The largest absolute Gasteiger partial charge is 0.393 e. The molecule has 4 bridgehead atoms. The summed E-state index contributed by atoms with van der Waals surface area (Å²) in [5, 5.41) is 17.1. The fraction of sp³-hybridized carbons (Fsp3) is 0.913. The van der Waals surface area contributed by atoms with Crippen molar-refractivity contribution in [2.45, 2.75) is 95.2 Å². The molecule has 3 amide bonds. The van der Waals surface area contributed by atoms with Crippen molar-refractivity contribution in [3.05, 3.63) is 0 Å². The molecule has 6 heteroatoms. The summed E-state index contributed by atoms with van der Waals surface area (Å²) in [6, 6.07) is 0.435. The van der Waals surface area contributed by atoms with Crippen LogP contribution < -0.4 is 10.6 Å². The first-order chi connectivity index (χ1) is 14.0. The predicted molar refractivity (Wildman–Crippen MR) is 110 cm³/mol. The Morgan fingerprint density at radius 2 is 1.55 bits per heavy atom. The quantitative estimate of drug-likeness (QED) is 0.678. The Kier molecular flexibility index (Phi) is 5.25. The minimum absolute atomic E-state index is 0.0498. The number of amides is 3. The Labute approximate surface area is 174 Å². The maximum Gasteiger partial charge on any atom is 0.317 e. The van der Waals surface area contributed by atoms with E-state index in [0.717, 1.165) is 64.3 Å². The number of rotatable bonds is 3. The molecule has 1 saturated heterocycles. The molecule has 29 heavy (non-hydrogen) atoms. The van der Waals surface area contributed by atoms with Gasteiger partial charge < -0.3 is 20.6 Å². The van der Waals surface area contributed by atoms with E-state index >= 15 is 0 Å². The van der Waals surface area contributed by atoms with Crippen LogP contribution in [0.4, 0.5) is 4.79 Å². The number of urea groups is 1. The van der Waals surface area contributed by atoms with E-state index in [4.69, 9.17) is 0 Å². The third-order valence-corrected chi connectivity index (χ3v) is 8.68. The minimum atomic E-state index is -0.262. The van der Waals surface area contributed by atoms with E-state index in [1.54, 1.807) is 0 Å². The highest BCUT2D eigenvalue weighted by molar-refractivity contribution is 5.83. The molecular weight excluding hydrogens is 366 g/mol. The second-order valence-corrected chi connectivity index (χ2v) is 10.8. The third kappa shape index (κ3) is 3.77. The van der Waals surface area contributed by atoms with Gasteiger partial charge in [-0.15, -0.1) is 0 Å². The molecule has 0 aromatic rings. The van der Waals surface area contributed by atoms with E-state index < -0.39 is 0 Å². The molecule has 1 heterocycles. The Morgan fingerprint density at radius 3 is 2.28 bits per heavy atom. The van der Waals surface area contributed by atoms with E-state index in [1.165, 1.54) is 19.3 Å². The van der Waals surface area contributed by atoms with Crippen LogP contribution in [-0.4, -0.2) is 53.2 Å². The maximum absolute atomic E-state index is 13.4. The van der Waals surface area contributed by atoms with E-state index in [-0.39, 0.29) is 29.5 Å². The highest BCUT2D eigenvalue weighted by Gasteiger charge is 2.58. The van der Waals surface area contributed by atoms with Crippen LogP contribution in [0.5, 0.6) is 0 Å². The highest BCUT2D eigenvalue weighted by Crippen LogP contribution is 2.60. The molecule has 5 saturated carbocycles. The van der Waals surface area contributed by atoms with Gasteiger partial charge in [0.15, 0.2) is 0 Å². The Hall–Kier alpha value is -1.30. The molecular formula is C23H37N3O3. The van der Waals surface area contributed by atoms with Crippen molar-refractivity contribution in [1.29, 1.82) is 0 Å². The Balaban J connectivity index is 1.17. The number of hydrogen-bond acceptors (Lipinski definition) is 3. The summed E-state index contributed by atoms with van der Waals surface area (Å²) in [6.45, 7) is 1.41. The summed E-state index contributed by atoms with van der Waals surface area (Å²) in [7, 11) is 0. The molecule has 3 N–H and O–H groups in total. The number of likely N-dealkylation sites (tertiary alicyclic amines) is 1.